The van der Waals surface area contributed by atoms with Crippen LogP contribution in [0.5, 0.6) is 5.75 Å². The van der Waals surface area contributed by atoms with E-state index in [4.69, 9.17) is 0 Å². The van der Waals surface area contributed by atoms with Crippen LogP contribution in [0, 0.1) is 6.92 Å². The maximum Gasteiger partial charge on any atom is 0.121 e. The van der Waals surface area contributed by atoms with Gasteiger partial charge in [-0.2, -0.15) is 0 Å². The smallest absolute Gasteiger partial charge is 0.121 e. The van der Waals surface area contributed by atoms with E-state index in [0.717, 1.165) is 17.2 Å². The van der Waals surface area contributed by atoms with Crippen molar-refractivity contribution in [3.05, 3.63) is 29.3 Å². The van der Waals surface area contributed by atoms with Gasteiger partial charge in [-0.25, -0.2) is 0 Å². The van der Waals surface area contributed by atoms with E-state index in [1.54, 1.807) is 0 Å². The normalized spacial score (nSPS) is 12.9. The van der Waals surface area contributed by atoms with Gasteiger partial charge in [-0.15, -0.1) is 0 Å². The number of aromatic hydroxyl groups is 1. The molecular formula is C14H24OSi. The predicted molar refractivity (Wildman–Crippen MR) is 73.7 cm³/mol. The second kappa shape index (κ2) is 4.25. The molecule has 0 unspecified atom stereocenters. The molecule has 1 aromatic rings. The Bertz CT molecular complexity index is 375. The van der Waals surface area contributed by atoms with Crippen LogP contribution in [0.25, 0.3) is 0 Å². The maximum atomic E-state index is 10.0. The summed E-state index contributed by atoms with van der Waals surface area (Å²) in [5, 5.41) is 10.4. The Hall–Kier alpha value is -0.763. The molecule has 0 atom stereocenters. The number of benzene rings is 1. The minimum atomic E-state index is -1.36. The van der Waals surface area contributed by atoms with Gasteiger partial charge in [0, 0.05) is 0 Å². The lowest BCUT2D eigenvalue weighted by atomic mass is 10.1. The predicted octanol–water partition coefficient (Wildman–Crippen LogP) is 4.29. The highest BCUT2D eigenvalue weighted by Gasteiger charge is 2.35. The zero-order valence-corrected chi connectivity index (χ0v) is 12.4. The third-order valence-electron chi connectivity index (χ3n) is 3.98. The average molecular weight is 236 g/mol. The fraction of sp³-hybridized carbons (Fsp3) is 0.571. The highest BCUT2D eigenvalue weighted by atomic mass is 28.3. The van der Waals surface area contributed by atoms with Gasteiger partial charge in [0.2, 0.25) is 0 Å². The van der Waals surface area contributed by atoms with Crippen molar-refractivity contribution in [2.45, 2.75) is 51.9 Å². The number of hydrogen-bond donors (Lipinski definition) is 1. The first-order valence-corrected chi connectivity index (χ1v) is 9.13. The third-order valence-corrected chi connectivity index (χ3v) is 9.31. The van der Waals surface area contributed by atoms with Gasteiger partial charge in [0.1, 0.15) is 5.75 Å². The van der Waals surface area contributed by atoms with Crippen LogP contribution >= 0.6 is 0 Å². The largest absolute Gasteiger partial charge is 0.507 e. The molecule has 0 bridgehead atoms. The molecule has 1 aromatic carbocycles. The molecular weight excluding hydrogens is 212 g/mol. The van der Waals surface area contributed by atoms with Gasteiger partial charge in [-0.1, -0.05) is 52.1 Å². The van der Waals surface area contributed by atoms with Crippen LogP contribution in [0.4, 0.5) is 0 Å². The van der Waals surface area contributed by atoms with E-state index in [9.17, 15) is 5.11 Å². The molecule has 1 rings (SSSR count). The van der Waals surface area contributed by atoms with Crippen molar-refractivity contribution < 1.29 is 5.11 Å². The quantitative estimate of drug-likeness (QED) is 0.759. The van der Waals surface area contributed by atoms with Gasteiger partial charge in [0.15, 0.2) is 0 Å². The molecule has 1 nitrogen and oxygen atoms in total. The van der Waals surface area contributed by atoms with E-state index < -0.39 is 8.07 Å². The SMILES string of the molecule is Cc1cccc(C[Si](C)(C)C(C)(C)C)c1O. The molecule has 1 N–H and O–H groups in total. The molecule has 0 aliphatic rings. The van der Waals surface area contributed by atoms with Crippen molar-refractivity contribution in [2.24, 2.45) is 0 Å². The first-order chi connectivity index (χ1) is 7.15. The van der Waals surface area contributed by atoms with Crippen molar-refractivity contribution in [2.75, 3.05) is 0 Å². The minimum absolute atomic E-state index is 0.364. The summed E-state index contributed by atoms with van der Waals surface area (Å²) in [4.78, 5) is 0. The molecule has 0 radical (unpaired) electrons. The molecule has 0 fully saturated rings. The summed E-state index contributed by atoms with van der Waals surface area (Å²) in [6.07, 6.45) is 0. The van der Waals surface area contributed by atoms with Crippen molar-refractivity contribution in [3.8, 4) is 5.75 Å². The number of rotatable bonds is 2. The Kier molecular flexibility index (Phi) is 3.53. The van der Waals surface area contributed by atoms with Gasteiger partial charge in [0.25, 0.3) is 0 Å². The van der Waals surface area contributed by atoms with E-state index >= 15 is 0 Å². The second-order valence-corrected chi connectivity index (χ2v) is 12.0. The molecule has 0 aromatic heterocycles. The van der Waals surface area contributed by atoms with Gasteiger partial charge < -0.3 is 5.11 Å². The number of hydrogen-bond acceptors (Lipinski definition) is 1. The van der Waals surface area contributed by atoms with E-state index in [1.807, 2.05) is 19.1 Å². The summed E-state index contributed by atoms with van der Waals surface area (Å²) in [5.41, 5.74) is 2.10. The van der Waals surface area contributed by atoms with Crippen LogP contribution in [-0.4, -0.2) is 13.2 Å². The first kappa shape index (κ1) is 13.3. The number of para-hydroxylation sites is 1. The van der Waals surface area contributed by atoms with Crippen molar-refractivity contribution in [1.29, 1.82) is 0 Å². The highest BCUT2D eigenvalue weighted by molar-refractivity contribution is 6.79. The Morgan fingerprint density at radius 1 is 1.19 bits per heavy atom. The van der Waals surface area contributed by atoms with Crippen LogP contribution in [0.15, 0.2) is 18.2 Å². The topological polar surface area (TPSA) is 20.2 Å². The lowest BCUT2D eigenvalue weighted by Gasteiger charge is -2.37. The lowest BCUT2D eigenvalue weighted by molar-refractivity contribution is 0.465. The van der Waals surface area contributed by atoms with Crippen molar-refractivity contribution >= 4 is 8.07 Å². The molecule has 0 aliphatic heterocycles. The molecule has 2 heteroatoms. The summed E-state index contributed by atoms with van der Waals surface area (Å²) in [7, 11) is -1.36. The lowest BCUT2D eigenvalue weighted by Crippen LogP contribution is -2.39. The molecule has 0 heterocycles. The molecule has 0 aliphatic carbocycles. The van der Waals surface area contributed by atoms with Crippen LogP contribution in [-0.2, 0) is 6.04 Å². The van der Waals surface area contributed by atoms with Crippen molar-refractivity contribution in [1.82, 2.24) is 0 Å². The Labute approximate surface area is 101 Å². The van der Waals surface area contributed by atoms with Gasteiger partial charge >= 0.3 is 0 Å². The zero-order chi connectivity index (χ0) is 12.6. The zero-order valence-electron chi connectivity index (χ0n) is 11.4. The highest BCUT2D eigenvalue weighted by Crippen LogP contribution is 2.39. The number of aryl methyl sites for hydroxylation is 1. The maximum absolute atomic E-state index is 10.0. The van der Waals surface area contributed by atoms with Gasteiger partial charge in [-0.05, 0) is 29.1 Å². The monoisotopic (exact) mass is 236 g/mol. The van der Waals surface area contributed by atoms with Crippen LogP contribution in [0.1, 0.15) is 31.9 Å². The molecule has 16 heavy (non-hydrogen) atoms. The summed E-state index contributed by atoms with van der Waals surface area (Å²) in [6, 6.07) is 7.11. The summed E-state index contributed by atoms with van der Waals surface area (Å²) in [6.45, 7) is 13.7. The number of phenolic OH excluding ortho intramolecular Hbond substituents is 1. The fourth-order valence-electron chi connectivity index (χ4n) is 1.60. The van der Waals surface area contributed by atoms with E-state index in [-0.39, 0.29) is 0 Å². The van der Waals surface area contributed by atoms with E-state index in [1.165, 1.54) is 0 Å². The van der Waals surface area contributed by atoms with Gasteiger partial charge in [-0.3, -0.25) is 0 Å². The van der Waals surface area contributed by atoms with Gasteiger partial charge in [0.05, 0.1) is 8.07 Å². The molecule has 0 saturated heterocycles. The molecule has 0 amide bonds. The third kappa shape index (κ3) is 2.67. The molecule has 0 spiro atoms. The summed E-state index contributed by atoms with van der Waals surface area (Å²) < 4.78 is 0. The first-order valence-electron chi connectivity index (χ1n) is 5.92. The van der Waals surface area contributed by atoms with Crippen molar-refractivity contribution in [3.63, 3.8) is 0 Å². The Morgan fingerprint density at radius 3 is 2.25 bits per heavy atom. The second-order valence-electron chi connectivity index (χ2n) is 6.39. The van der Waals surface area contributed by atoms with E-state index in [2.05, 4.69) is 39.9 Å². The van der Waals surface area contributed by atoms with Crippen LogP contribution < -0.4 is 0 Å². The minimum Gasteiger partial charge on any atom is -0.507 e. The Morgan fingerprint density at radius 2 is 1.75 bits per heavy atom. The standard InChI is InChI=1S/C14H24OSi/c1-11-8-7-9-12(13(11)15)10-16(5,6)14(2,3)4/h7-9,15H,10H2,1-6H3. The molecule has 0 saturated carbocycles. The summed E-state index contributed by atoms with van der Waals surface area (Å²) >= 11 is 0. The van der Waals surface area contributed by atoms with Crippen LogP contribution in [0.2, 0.25) is 18.1 Å². The average Bonchev–Trinajstić information content (AvgIpc) is 2.11. The summed E-state index contributed by atoms with van der Waals surface area (Å²) in [5.74, 6) is 0.493. The molecule has 90 valence electrons. The fourth-order valence-corrected chi connectivity index (χ4v) is 3.37. The van der Waals surface area contributed by atoms with Crippen LogP contribution in [0.3, 0.4) is 0 Å². The number of phenols is 1. The van der Waals surface area contributed by atoms with E-state index in [0.29, 0.717) is 10.8 Å². The Balaban J connectivity index is 3.02.